The Morgan fingerprint density at radius 3 is 1.43 bits per heavy atom. The van der Waals surface area contributed by atoms with Crippen LogP contribution in [0.25, 0.3) is 33.4 Å². The number of para-hydroxylation sites is 2. The second kappa shape index (κ2) is 13.8. The molecule has 0 amide bonds. The molecule has 0 radical (unpaired) electrons. The molecule has 0 unspecified atom stereocenters. The Labute approximate surface area is 383 Å². The van der Waals surface area contributed by atoms with Gasteiger partial charge in [0.1, 0.15) is 11.5 Å². The minimum atomic E-state index is -0.542. The topological polar surface area (TPSA) is 12.5 Å². The van der Waals surface area contributed by atoms with Crippen LogP contribution in [0.3, 0.4) is 0 Å². The first kappa shape index (κ1) is 36.6. The van der Waals surface area contributed by atoms with Crippen molar-refractivity contribution in [1.82, 2.24) is 0 Å². The Morgan fingerprint density at radius 1 is 0.292 bits per heavy atom. The zero-order valence-corrected chi connectivity index (χ0v) is 36.1. The highest BCUT2D eigenvalue weighted by Gasteiger charge is 2.52. The monoisotopic (exact) mass is 845 g/mol. The van der Waals surface area contributed by atoms with E-state index in [9.17, 15) is 0 Å². The molecule has 0 aromatic heterocycles. The van der Waals surface area contributed by atoms with Crippen LogP contribution in [0.4, 0.5) is 17.1 Å². The van der Waals surface area contributed by atoms with E-state index in [1.54, 1.807) is 0 Å². The van der Waals surface area contributed by atoms with Crippen molar-refractivity contribution >= 4 is 28.8 Å². The quantitative estimate of drug-likeness (QED) is 0.175. The predicted molar refractivity (Wildman–Crippen MR) is 265 cm³/mol. The molecular weight excluding hydrogens is 807 g/mol. The molecule has 0 atom stereocenters. The molecule has 2 aliphatic carbocycles. The highest BCUT2D eigenvalue weighted by molar-refractivity contribution is 7.99. The maximum absolute atomic E-state index is 6.66. The smallest absolute Gasteiger partial charge is 0.132 e. The third-order valence-corrected chi connectivity index (χ3v) is 15.5. The molecule has 10 aromatic rings. The molecule has 0 saturated carbocycles. The van der Waals surface area contributed by atoms with Gasteiger partial charge in [0, 0.05) is 38.0 Å². The summed E-state index contributed by atoms with van der Waals surface area (Å²) in [6, 6.07) is 87.6. The molecule has 14 rings (SSSR count). The van der Waals surface area contributed by atoms with Gasteiger partial charge in [0.05, 0.1) is 10.8 Å². The van der Waals surface area contributed by atoms with Gasteiger partial charge in [-0.1, -0.05) is 188 Å². The second-order valence-corrected chi connectivity index (χ2v) is 18.6. The lowest BCUT2D eigenvalue weighted by atomic mass is 9.66. The van der Waals surface area contributed by atoms with Crippen molar-refractivity contribution in [3.05, 3.63) is 281 Å². The lowest BCUT2D eigenvalue weighted by molar-refractivity contribution is 0.436. The second-order valence-electron chi connectivity index (χ2n) is 17.5. The fraction of sp³-hybridized carbons (Fsp3) is 0.0323. The summed E-state index contributed by atoms with van der Waals surface area (Å²) < 4.78 is 6.66. The van der Waals surface area contributed by atoms with Crippen molar-refractivity contribution in [3.63, 3.8) is 0 Å². The van der Waals surface area contributed by atoms with Crippen LogP contribution in [0.15, 0.2) is 246 Å². The van der Waals surface area contributed by atoms with Gasteiger partial charge in [0.15, 0.2) is 0 Å². The first-order chi connectivity index (χ1) is 32.2. The van der Waals surface area contributed by atoms with Crippen molar-refractivity contribution in [2.45, 2.75) is 20.6 Å². The normalized spacial score (nSPS) is 14.5. The highest BCUT2D eigenvalue weighted by Crippen LogP contribution is 2.65. The van der Waals surface area contributed by atoms with Gasteiger partial charge in [-0.3, -0.25) is 0 Å². The molecule has 0 fully saturated rings. The van der Waals surface area contributed by atoms with E-state index in [1.165, 1.54) is 87.7 Å². The number of ether oxygens (including phenoxy) is 1. The molecule has 2 heterocycles. The summed E-state index contributed by atoms with van der Waals surface area (Å²) >= 11 is 1.88. The number of nitrogens with zero attached hydrogens (tertiary/aromatic N) is 1. The van der Waals surface area contributed by atoms with Gasteiger partial charge in [-0.15, -0.1) is 0 Å². The fourth-order valence-corrected chi connectivity index (χ4v) is 13.1. The molecule has 65 heavy (non-hydrogen) atoms. The first-order valence-electron chi connectivity index (χ1n) is 22.4. The molecule has 3 heteroatoms. The van der Waals surface area contributed by atoms with Gasteiger partial charge < -0.3 is 9.64 Å². The molecule has 0 N–H and O–H groups in total. The Balaban J connectivity index is 1.04. The molecule has 10 aromatic carbocycles. The Morgan fingerprint density at radius 2 is 0.754 bits per heavy atom. The van der Waals surface area contributed by atoms with Crippen molar-refractivity contribution in [2.24, 2.45) is 0 Å². The van der Waals surface area contributed by atoms with E-state index in [0.717, 1.165) is 28.6 Å². The summed E-state index contributed by atoms with van der Waals surface area (Å²) in [5.41, 5.74) is 19.8. The zero-order chi connectivity index (χ0) is 42.7. The average Bonchev–Trinajstić information content (AvgIpc) is 3.82. The molecule has 2 nitrogen and oxygen atoms in total. The number of hydrogen-bond acceptors (Lipinski definition) is 3. The molecule has 304 valence electrons. The van der Waals surface area contributed by atoms with Crippen molar-refractivity contribution in [3.8, 4) is 44.9 Å². The standard InChI is InChI=1S/C62H39NOS/c1-2-17-40(18-3-1)41-19-16-20-42(37-41)63(43-34-36-51-48(38-43)46-22-5-7-24-50(46)61(51)52-25-8-12-29-57(52)64-58-30-13-9-26-53(58)61)44-33-35-47-45-21-4-6-23-49(45)62(56(47)39-44)54-27-10-14-31-59(54)65-60-32-15-11-28-55(60)62/h1-39H. The van der Waals surface area contributed by atoms with E-state index in [-0.39, 0.29) is 0 Å². The first-order valence-corrected chi connectivity index (χ1v) is 23.2. The number of hydrogen-bond donors (Lipinski definition) is 0. The minimum absolute atomic E-state index is 0.495. The van der Waals surface area contributed by atoms with Crippen LogP contribution in [-0.4, -0.2) is 0 Å². The van der Waals surface area contributed by atoms with Gasteiger partial charge in [-0.2, -0.15) is 0 Å². The highest BCUT2D eigenvalue weighted by atomic mass is 32.2. The van der Waals surface area contributed by atoms with Crippen LogP contribution >= 0.6 is 11.8 Å². The minimum Gasteiger partial charge on any atom is -0.457 e. The van der Waals surface area contributed by atoms with Crippen molar-refractivity contribution < 1.29 is 4.74 Å². The summed E-state index contributed by atoms with van der Waals surface area (Å²) in [5.74, 6) is 1.80. The van der Waals surface area contributed by atoms with Gasteiger partial charge >= 0.3 is 0 Å². The lowest BCUT2D eigenvalue weighted by Crippen LogP contribution is -2.32. The van der Waals surface area contributed by atoms with Crippen LogP contribution in [0.5, 0.6) is 11.5 Å². The van der Waals surface area contributed by atoms with Crippen LogP contribution in [0, 0.1) is 0 Å². The molecule has 0 saturated heterocycles. The van der Waals surface area contributed by atoms with Crippen molar-refractivity contribution in [1.29, 1.82) is 0 Å². The summed E-state index contributed by atoms with van der Waals surface area (Å²) in [6.07, 6.45) is 0. The summed E-state index contributed by atoms with van der Waals surface area (Å²) in [4.78, 5) is 5.08. The van der Waals surface area contributed by atoms with Gasteiger partial charge in [0.2, 0.25) is 0 Å². The van der Waals surface area contributed by atoms with Gasteiger partial charge in [-0.05, 0) is 127 Å². The lowest BCUT2D eigenvalue weighted by Gasteiger charge is -2.40. The Kier molecular flexibility index (Phi) is 7.79. The number of anilines is 3. The van der Waals surface area contributed by atoms with E-state index in [1.807, 2.05) is 11.8 Å². The predicted octanol–water partition coefficient (Wildman–Crippen LogP) is 16.1. The average molecular weight is 846 g/mol. The van der Waals surface area contributed by atoms with Crippen molar-refractivity contribution in [2.75, 3.05) is 4.90 Å². The van der Waals surface area contributed by atoms with E-state index < -0.39 is 10.8 Å². The van der Waals surface area contributed by atoms with E-state index >= 15 is 0 Å². The van der Waals surface area contributed by atoms with E-state index in [4.69, 9.17) is 4.74 Å². The van der Waals surface area contributed by atoms with Gasteiger partial charge in [0.25, 0.3) is 0 Å². The van der Waals surface area contributed by atoms with Crippen LogP contribution < -0.4 is 9.64 Å². The summed E-state index contributed by atoms with van der Waals surface area (Å²) in [7, 11) is 0. The number of rotatable bonds is 4. The molecule has 2 aliphatic heterocycles. The Hall–Kier alpha value is -7.85. The maximum Gasteiger partial charge on any atom is 0.132 e. The third kappa shape index (κ3) is 4.96. The molecule has 4 aliphatic rings. The van der Waals surface area contributed by atoms with E-state index in [0.29, 0.717) is 0 Å². The molecule has 2 spiro atoms. The molecular formula is C62H39NOS. The summed E-state index contributed by atoms with van der Waals surface area (Å²) in [5, 5.41) is 0. The van der Waals surface area contributed by atoms with E-state index in [2.05, 4.69) is 241 Å². The largest absolute Gasteiger partial charge is 0.457 e. The zero-order valence-electron chi connectivity index (χ0n) is 35.3. The number of fused-ring (bicyclic) bond motifs is 18. The van der Waals surface area contributed by atoms with Crippen LogP contribution in [0.1, 0.15) is 44.5 Å². The number of benzene rings is 10. The van der Waals surface area contributed by atoms with Gasteiger partial charge in [-0.25, -0.2) is 0 Å². The maximum atomic E-state index is 6.66. The summed E-state index contributed by atoms with van der Waals surface area (Å²) in [6.45, 7) is 0. The third-order valence-electron chi connectivity index (χ3n) is 14.4. The fourth-order valence-electron chi connectivity index (χ4n) is 11.9. The SMILES string of the molecule is c1ccc(-c2cccc(N(c3ccc4c(c3)-c3ccccc3C43c4ccccc4Oc4ccccc43)c3ccc4c(c3)C3(c5ccccc5Sc5ccccc53)c3ccccc3-4)c2)cc1. The van der Waals surface area contributed by atoms with Crippen LogP contribution in [0.2, 0.25) is 0 Å². The van der Waals surface area contributed by atoms with Crippen LogP contribution in [-0.2, 0) is 10.8 Å². The molecule has 0 bridgehead atoms. The Bertz CT molecular complexity index is 3500.